The van der Waals surface area contributed by atoms with Gasteiger partial charge in [-0.1, -0.05) is 31.2 Å². The molecule has 21 heavy (non-hydrogen) atoms. The van der Waals surface area contributed by atoms with Gasteiger partial charge in [-0.25, -0.2) is 0 Å². The van der Waals surface area contributed by atoms with Gasteiger partial charge >= 0.3 is 0 Å². The topological polar surface area (TPSA) is 65.1 Å². The lowest BCUT2D eigenvalue weighted by molar-refractivity contribution is 0.389. The first-order chi connectivity index (χ1) is 10.2. The van der Waals surface area contributed by atoms with Gasteiger partial charge in [0.2, 0.25) is 0 Å². The standard InChI is InChI=1S/C16H24N4O/c1-4-9-20-16(15(21-3)11-18-20)14(19-17)10-13-8-6-5-7-12(13)2/h5-8,11,14,19H,4,9-10,17H2,1-3H3. The van der Waals surface area contributed by atoms with Gasteiger partial charge in [-0.15, -0.1) is 0 Å². The summed E-state index contributed by atoms with van der Waals surface area (Å²) < 4.78 is 7.42. The molecule has 1 aromatic carbocycles. The molecule has 2 rings (SSSR count). The van der Waals surface area contributed by atoms with Gasteiger partial charge in [0.15, 0.2) is 5.75 Å². The summed E-state index contributed by atoms with van der Waals surface area (Å²) in [7, 11) is 1.66. The van der Waals surface area contributed by atoms with Gasteiger partial charge in [0.1, 0.15) is 0 Å². The summed E-state index contributed by atoms with van der Waals surface area (Å²) in [6, 6.07) is 8.31. The smallest absolute Gasteiger partial charge is 0.161 e. The van der Waals surface area contributed by atoms with Crippen molar-refractivity contribution in [3.8, 4) is 5.75 Å². The molecule has 2 aromatic rings. The van der Waals surface area contributed by atoms with Gasteiger partial charge in [-0.3, -0.25) is 16.0 Å². The zero-order chi connectivity index (χ0) is 15.2. The Balaban J connectivity index is 2.32. The molecule has 5 nitrogen and oxygen atoms in total. The van der Waals surface area contributed by atoms with Gasteiger partial charge in [0, 0.05) is 6.54 Å². The fourth-order valence-electron chi connectivity index (χ4n) is 2.57. The Hall–Kier alpha value is -1.85. The Morgan fingerprint density at radius 1 is 1.38 bits per heavy atom. The van der Waals surface area contributed by atoms with Crippen molar-refractivity contribution >= 4 is 0 Å². The van der Waals surface area contributed by atoms with Crippen LogP contribution in [0.3, 0.4) is 0 Å². The molecule has 1 atom stereocenters. The van der Waals surface area contributed by atoms with Crippen LogP contribution >= 0.6 is 0 Å². The van der Waals surface area contributed by atoms with E-state index in [1.807, 2.05) is 10.7 Å². The number of nitrogens with one attached hydrogen (secondary N) is 1. The molecule has 0 radical (unpaired) electrons. The number of rotatable bonds is 7. The van der Waals surface area contributed by atoms with Crippen LogP contribution in [0.2, 0.25) is 0 Å². The second-order valence-electron chi connectivity index (χ2n) is 5.17. The van der Waals surface area contributed by atoms with Crippen LogP contribution in [0.4, 0.5) is 0 Å². The Morgan fingerprint density at radius 3 is 2.76 bits per heavy atom. The number of aromatic nitrogens is 2. The molecule has 0 aliphatic heterocycles. The number of nitrogens with two attached hydrogens (primary N) is 1. The molecule has 1 unspecified atom stereocenters. The molecule has 0 fully saturated rings. The predicted octanol–water partition coefficient (Wildman–Crippen LogP) is 2.36. The van der Waals surface area contributed by atoms with Crippen molar-refractivity contribution in [2.45, 2.75) is 39.3 Å². The Bertz CT molecular complexity index is 579. The Morgan fingerprint density at radius 2 is 2.14 bits per heavy atom. The van der Waals surface area contributed by atoms with Crippen LogP contribution in [0.15, 0.2) is 30.5 Å². The van der Waals surface area contributed by atoms with Crippen LogP contribution in [0.25, 0.3) is 0 Å². The van der Waals surface area contributed by atoms with Crippen molar-refractivity contribution in [1.29, 1.82) is 0 Å². The second-order valence-corrected chi connectivity index (χ2v) is 5.17. The highest BCUT2D eigenvalue weighted by Crippen LogP contribution is 2.28. The molecule has 1 aromatic heterocycles. The van der Waals surface area contributed by atoms with E-state index < -0.39 is 0 Å². The maximum atomic E-state index is 5.80. The minimum atomic E-state index is -0.0323. The quantitative estimate of drug-likeness (QED) is 0.606. The fraction of sp³-hybridized carbons (Fsp3) is 0.438. The molecular formula is C16H24N4O. The molecule has 114 valence electrons. The van der Waals surface area contributed by atoms with Crippen LogP contribution < -0.4 is 16.0 Å². The maximum absolute atomic E-state index is 5.80. The fourth-order valence-corrected chi connectivity index (χ4v) is 2.57. The van der Waals surface area contributed by atoms with Crippen molar-refractivity contribution in [3.05, 3.63) is 47.3 Å². The highest BCUT2D eigenvalue weighted by atomic mass is 16.5. The average Bonchev–Trinajstić information content (AvgIpc) is 2.90. The van der Waals surface area contributed by atoms with E-state index in [1.54, 1.807) is 13.3 Å². The molecule has 0 bridgehead atoms. The van der Waals surface area contributed by atoms with E-state index in [4.69, 9.17) is 10.6 Å². The highest BCUT2D eigenvalue weighted by Gasteiger charge is 2.21. The van der Waals surface area contributed by atoms with Gasteiger partial charge in [-0.05, 0) is 30.9 Å². The minimum absolute atomic E-state index is 0.0323. The third kappa shape index (κ3) is 3.43. The number of hydrazine groups is 1. The number of benzene rings is 1. The van der Waals surface area contributed by atoms with Crippen molar-refractivity contribution in [2.24, 2.45) is 5.84 Å². The number of methoxy groups -OCH3 is 1. The summed E-state index contributed by atoms with van der Waals surface area (Å²) in [5.41, 5.74) is 6.45. The second kappa shape index (κ2) is 7.24. The monoisotopic (exact) mass is 288 g/mol. The van der Waals surface area contributed by atoms with Gasteiger partial charge in [-0.2, -0.15) is 5.10 Å². The molecule has 0 amide bonds. The number of nitrogens with zero attached hydrogens (tertiary/aromatic N) is 2. The highest BCUT2D eigenvalue weighted by molar-refractivity contribution is 5.32. The number of hydrogen-bond donors (Lipinski definition) is 2. The normalized spacial score (nSPS) is 12.4. The minimum Gasteiger partial charge on any atom is -0.493 e. The van der Waals surface area contributed by atoms with Crippen molar-refractivity contribution < 1.29 is 4.74 Å². The van der Waals surface area contributed by atoms with E-state index in [-0.39, 0.29) is 6.04 Å². The van der Waals surface area contributed by atoms with Crippen LogP contribution in [-0.2, 0) is 13.0 Å². The summed E-state index contributed by atoms with van der Waals surface area (Å²) in [5.74, 6) is 6.58. The van der Waals surface area contributed by atoms with E-state index in [0.29, 0.717) is 0 Å². The molecule has 0 spiro atoms. The molecule has 0 saturated carbocycles. The van der Waals surface area contributed by atoms with E-state index in [2.05, 4.69) is 42.6 Å². The van der Waals surface area contributed by atoms with Crippen LogP contribution in [0, 0.1) is 6.92 Å². The Labute approximate surface area is 126 Å². The summed E-state index contributed by atoms with van der Waals surface area (Å²) in [6.45, 7) is 5.10. The summed E-state index contributed by atoms with van der Waals surface area (Å²) >= 11 is 0. The first-order valence-electron chi connectivity index (χ1n) is 7.31. The maximum Gasteiger partial charge on any atom is 0.161 e. The molecule has 0 aliphatic carbocycles. The first-order valence-corrected chi connectivity index (χ1v) is 7.31. The lowest BCUT2D eigenvalue weighted by atomic mass is 9.99. The number of ether oxygens (including phenoxy) is 1. The van der Waals surface area contributed by atoms with Crippen LogP contribution in [0.5, 0.6) is 5.75 Å². The molecule has 0 saturated heterocycles. The van der Waals surface area contributed by atoms with Crippen molar-refractivity contribution in [1.82, 2.24) is 15.2 Å². The summed E-state index contributed by atoms with van der Waals surface area (Å²) in [4.78, 5) is 0. The molecule has 3 N–H and O–H groups in total. The van der Waals surface area contributed by atoms with E-state index in [0.717, 1.165) is 30.8 Å². The SMILES string of the molecule is CCCn1ncc(OC)c1C(Cc1ccccc1C)NN. The van der Waals surface area contributed by atoms with Crippen molar-refractivity contribution in [3.63, 3.8) is 0 Å². The average molecular weight is 288 g/mol. The largest absolute Gasteiger partial charge is 0.493 e. The zero-order valence-electron chi connectivity index (χ0n) is 13.0. The molecular weight excluding hydrogens is 264 g/mol. The third-order valence-corrected chi connectivity index (χ3v) is 3.72. The van der Waals surface area contributed by atoms with Gasteiger partial charge < -0.3 is 4.74 Å². The van der Waals surface area contributed by atoms with E-state index in [1.165, 1.54) is 11.1 Å². The lowest BCUT2D eigenvalue weighted by Crippen LogP contribution is -2.32. The van der Waals surface area contributed by atoms with E-state index >= 15 is 0 Å². The lowest BCUT2D eigenvalue weighted by Gasteiger charge is -2.20. The predicted molar refractivity (Wildman–Crippen MR) is 84.0 cm³/mol. The number of hydrogen-bond acceptors (Lipinski definition) is 4. The molecule has 1 heterocycles. The van der Waals surface area contributed by atoms with Gasteiger partial charge in [0.05, 0.1) is 25.0 Å². The molecule has 5 heteroatoms. The third-order valence-electron chi connectivity index (χ3n) is 3.72. The summed E-state index contributed by atoms with van der Waals surface area (Å²) in [6.07, 6.45) is 3.57. The first kappa shape index (κ1) is 15.5. The number of aryl methyl sites for hydroxylation is 2. The molecule has 0 aliphatic rings. The van der Waals surface area contributed by atoms with Crippen molar-refractivity contribution in [2.75, 3.05) is 7.11 Å². The van der Waals surface area contributed by atoms with Gasteiger partial charge in [0.25, 0.3) is 0 Å². The van der Waals surface area contributed by atoms with E-state index in [9.17, 15) is 0 Å². The van der Waals surface area contributed by atoms with Crippen LogP contribution in [0.1, 0.15) is 36.2 Å². The zero-order valence-corrected chi connectivity index (χ0v) is 13.0. The van der Waals surface area contributed by atoms with Crippen LogP contribution in [-0.4, -0.2) is 16.9 Å². The Kier molecular flexibility index (Phi) is 5.36. The summed E-state index contributed by atoms with van der Waals surface area (Å²) in [5, 5.41) is 4.41.